The number of aliphatic hydroxyl groups excluding tert-OH is 1. The minimum atomic E-state index is 0.0916. The molecule has 20 heavy (non-hydrogen) atoms. The number of hydrogen-bond acceptors (Lipinski definition) is 3. The van der Waals surface area contributed by atoms with E-state index in [1.54, 1.807) is 7.11 Å². The Morgan fingerprint density at radius 3 is 2.35 bits per heavy atom. The first kappa shape index (κ1) is 14.4. The van der Waals surface area contributed by atoms with E-state index < -0.39 is 0 Å². The van der Waals surface area contributed by atoms with E-state index >= 15 is 0 Å². The molecule has 0 amide bonds. The first-order valence-electron chi connectivity index (χ1n) is 6.68. The summed E-state index contributed by atoms with van der Waals surface area (Å²) in [4.78, 5) is 2.19. The number of nitrogens with zero attached hydrogens (tertiary/aromatic N) is 1. The third kappa shape index (κ3) is 3.31. The number of aryl methyl sites for hydroxylation is 1. The molecule has 3 nitrogen and oxygen atoms in total. The van der Waals surface area contributed by atoms with E-state index in [0.29, 0.717) is 0 Å². The van der Waals surface area contributed by atoms with E-state index in [1.807, 2.05) is 31.2 Å². The Kier molecular flexibility index (Phi) is 4.64. The maximum absolute atomic E-state index is 9.21. The van der Waals surface area contributed by atoms with Crippen LogP contribution in [0.3, 0.4) is 0 Å². The Bertz CT molecular complexity index is 564. The second-order valence-corrected chi connectivity index (χ2v) is 4.97. The summed E-state index contributed by atoms with van der Waals surface area (Å²) < 4.78 is 5.16. The number of benzene rings is 2. The van der Waals surface area contributed by atoms with Gasteiger partial charge >= 0.3 is 0 Å². The van der Waals surface area contributed by atoms with Crippen molar-refractivity contribution in [2.45, 2.75) is 20.1 Å². The topological polar surface area (TPSA) is 32.7 Å². The van der Waals surface area contributed by atoms with Crippen molar-refractivity contribution in [1.82, 2.24) is 0 Å². The predicted molar refractivity (Wildman–Crippen MR) is 82.2 cm³/mol. The predicted octanol–water partition coefficient (Wildman–Crippen LogP) is 3.13. The minimum Gasteiger partial charge on any atom is -0.497 e. The second kappa shape index (κ2) is 6.44. The molecule has 0 aliphatic rings. The number of hydrogen-bond donors (Lipinski definition) is 1. The van der Waals surface area contributed by atoms with Crippen molar-refractivity contribution in [2.75, 3.05) is 19.1 Å². The standard InChI is InChI=1S/C17H21NO2/c1-13-10-16(7-6-15(13)12-19)18(2)11-14-4-8-17(20-3)9-5-14/h4-10,19H,11-12H2,1-3H3. The smallest absolute Gasteiger partial charge is 0.118 e. The van der Waals surface area contributed by atoms with E-state index in [0.717, 1.165) is 29.1 Å². The van der Waals surface area contributed by atoms with Gasteiger partial charge in [0, 0.05) is 19.3 Å². The van der Waals surface area contributed by atoms with E-state index in [2.05, 4.69) is 30.1 Å². The van der Waals surface area contributed by atoms with Crippen LogP contribution in [-0.4, -0.2) is 19.3 Å². The molecule has 0 bridgehead atoms. The maximum Gasteiger partial charge on any atom is 0.118 e. The lowest BCUT2D eigenvalue weighted by molar-refractivity contribution is 0.281. The minimum absolute atomic E-state index is 0.0916. The van der Waals surface area contributed by atoms with Crippen molar-refractivity contribution in [2.24, 2.45) is 0 Å². The van der Waals surface area contributed by atoms with Crippen LogP contribution in [0.15, 0.2) is 42.5 Å². The maximum atomic E-state index is 9.21. The van der Waals surface area contributed by atoms with Gasteiger partial charge in [0.2, 0.25) is 0 Å². The Morgan fingerprint density at radius 1 is 1.10 bits per heavy atom. The largest absolute Gasteiger partial charge is 0.497 e. The Morgan fingerprint density at radius 2 is 1.80 bits per heavy atom. The molecule has 0 atom stereocenters. The SMILES string of the molecule is COc1ccc(CN(C)c2ccc(CO)c(C)c2)cc1. The van der Waals surface area contributed by atoms with Crippen LogP contribution in [0, 0.1) is 6.92 Å². The molecule has 0 aliphatic carbocycles. The van der Waals surface area contributed by atoms with Crippen LogP contribution in [0.4, 0.5) is 5.69 Å². The van der Waals surface area contributed by atoms with Gasteiger partial charge in [-0.3, -0.25) is 0 Å². The van der Waals surface area contributed by atoms with Crippen molar-refractivity contribution in [1.29, 1.82) is 0 Å². The van der Waals surface area contributed by atoms with Gasteiger partial charge in [0.15, 0.2) is 0 Å². The van der Waals surface area contributed by atoms with Crippen LogP contribution in [-0.2, 0) is 13.2 Å². The fourth-order valence-electron chi connectivity index (χ4n) is 2.19. The van der Waals surface area contributed by atoms with Crippen LogP contribution in [0.5, 0.6) is 5.75 Å². The van der Waals surface area contributed by atoms with Crippen LogP contribution < -0.4 is 9.64 Å². The third-order valence-corrected chi connectivity index (χ3v) is 3.52. The van der Waals surface area contributed by atoms with Gasteiger partial charge in [-0.2, -0.15) is 0 Å². The van der Waals surface area contributed by atoms with E-state index in [4.69, 9.17) is 4.74 Å². The van der Waals surface area contributed by atoms with Crippen LogP contribution >= 0.6 is 0 Å². The summed E-state index contributed by atoms with van der Waals surface area (Å²) in [5, 5.41) is 9.21. The zero-order valence-electron chi connectivity index (χ0n) is 12.3. The van der Waals surface area contributed by atoms with Gasteiger partial charge in [-0.1, -0.05) is 18.2 Å². The average Bonchev–Trinajstić information content (AvgIpc) is 2.48. The fourth-order valence-corrected chi connectivity index (χ4v) is 2.19. The van der Waals surface area contributed by atoms with Crippen molar-refractivity contribution in [3.63, 3.8) is 0 Å². The first-order chi connectivity index (χ1) is 9.63. The van der Waals surface area contributed by atoms with E-state index in [9.17, 15) is 5.11 Å². The summed E-state index contributed by atoms with van der Waals surface area (Å²) in [5.74, 6) is 0.875. The highest BCUT2D eigenvalue weighted by atomic mass is 16.5. The third-order valence-electron chi connectivity index (χ3n) is 3.52. The van der Waals surface area contributed by atoms with Gasteiger partial charge in [-0.05, 0) is 47.9 Å². The summed E-state index contributed by atoms with van der Waals surface area (Å²) in [6, 6.07) is 14.2. The molecular weight excluding hydrogens is 250 g/mol. The number of methoxy groups -OCH3 is 1. The summed E-state index contributed by atoms with van der Waals surface area (Å²) in [6.07, 6.45) is 0. The van der Waals surface area contributed by atoms with Gasteiger partial charge in [0.1, 0.15) is 5.75 Å². The molecule has 0 aliphatic heterocycles. The van der Waals surface area contributed by atoms with E-state index in [1.165, 1.54) is 5.56 Å². The molecule has 1 N–H and O–H groups in total. The van der Waals surface area contributed by atoms with Crippen LogP contribution in [0.25, 0.3) is 0 Å². The average molecular weight is 271 g/mol. The lowest BCUT2D eigenvalue weighted by atomic mass is 10.1. The molecule has 0 saturated heterocycles. The lowest BCUT2D eigenvalue weighted by Gasteiger charge is -2.20. The zero-order chi connectivity index (χ0) is 14.5. The molecular formula is C17H21NO2. The van der Waals surface area contributed by atoms with Gasteiger partial charge in [0.05, 0.1) is 13.7 Å². The summed E-state index contributed by atoms with van der Waals surface area (Å²) in [7, 11) is 3.74. The molecule has 2 aromatic rings. The zero-order valence-corrected chi connectivity index (χ0v) is 12.3. The van der Waals surface area contributed by atoms with Gasteiger partial charge in [-0.25, -0.2) is 0 Å². The Balaban J connectivity index is 2.10. The molecule has 106 valence electrons. The summed E-state index contributed by atoms with van der Waals surface area (Å²) in [5.41, 5.74) is 4.48. The molecule has 0 unspecified atom stereocenters. The van der Waals surface area contributed by atoms with E-state index in [-0.39, 0.29) is 6.61 Å². The van der Waals surface area contributed by atoms with Gasteiger partial charge < -0.3 is 14.7 Å². The van der Waals surface area contributed by atoms with Gasteiger partial charge in [-0.15, -0.1) is 0 Å². The van der Waals surface area contributed by atoms with Crippen LogP contribution in [0.1, 0.15) is 16.7 Å². The molecule has 0 radical (unpaired) electrons. The molecule has 0 spiro atoms. The lowest BCUT2D eigenvalue weighted by Crippen LogP contribution is -2.16. The van der Waals surface area contributed by atoms with Crippen molar-refractivity contribution >= 4 is 5.69 Å². The van der Waals surface area contributed by atoms with Crippen molar-refractivity contribution in [3.8, 4) is 5.75 Å². The molecule has 0 heterocycles. The normalized spacial score (nSPS) is 10.4. The summed E-state index contributed by atoms with van der Waals surface area (Å²) in [6.45, 7) is 2.95. The highest BCUT2D eigenvalue weighted by Crippen LogP contribution is 2.21. The molecule has 3 heteroatoms. The number of anilines is 1. The molecule has 0 saturated carbocycles. The Labute approximate surface area is 120 Å². The highest BCUT2D eigenvalue weighted by Gasteiger charge is 2.05. The monoisotopic (exact) mass is 271 g/mol. The molecule has 0 aromatic heterocycles. The van der Waals surface area contributed by atoms with Crippen molar-refractivity contribution < 1.29 is 9.84 Å². The second-order valence-electron chi connectivity index (χ2n) is 4.97. The quantitative estimate of drug-likeness (QED) is 0.907. The Hall–Kier alpha value is -2.00. The van der Waals surface area contributed by atoms with Crippen LogP contribution in [0.2, 0.25) is 0 Å². The first-order valence-corrected chi connectivity index (χ1v) is 6.68. The van der Waals surface area contributed by atoms with Gasteiger partial charge in [0.25, 0.3) is 0 Å². The number of aliphatic hydroxyl groups is 1. The number of ether oxygens (including phenoxy) is 1. The molecule has 2 aromatic carbocycles. The fraction of sp³-hybridized carbons (Fsp3) is 0.294. The summed E-state index contributed by atoms with van der Waals surface area (Å²) >= 11 is 0. The molecule has 0 fully saturated rings. The number of rotatable bonds is 5. The molecule has 2 rings (SSSR count). The van der Waals surface area contributed by atoms with Crippen molar-refractivity contribution in [3.05, 3.63) is 59.2 Å². The highest BCUT2D eigenvalue weighted by molar-refractivity contribution is 5.50.